The number of rotatable bonds is 1. The second-order valence-electron chi connectivity index (χ2n) is 8.36. The molecule has 1 amide bonds. The van der Waals surface area contributed by atoms with E-state index >= 15 is 0 Å². The molecule has 1 saturated heterocycles. The lowest BCUT2D eigenvalue weighted by Gasteiger charge is -2.44. The van der Waals surface area contributed by atoms with E-state index in [1.165, 1.54) is 6.20 Å². The summed E-state index contributed by atoms with van der Waals surface area (Å²) in [5, 5.41) is 4.15. The first-order valence-corrected chi connectivity index (χ1v) is 10.2. The molecule has 2 aromatic rings. The number of carbonyl (C=O) groups is 1. The molecule has 6 nitrogen and oxygen atoms in total. The van der Waals surface area contributed by atoms with Crippen molar-refractivity contribution in [3.8, 4) is 17.0 Å². The van der Waals surface area contributed by atoms with Crippen LogP contribution in [-0.2, 0) is 15.3 Å². The molecule has 156 valence electrons. The fourth-order valence-corrected chi connectivity index (χ4v) is 3.98. The number of benzene rings is 1. The van der Waals surface area contributed by atoms with Gasteiger partial charge < -0.3 is 14.4 Å². The molecule has 1 fully saturated rings. The number of halogens is 3. The van der Waals surface area contributed by atoms with E-state index in [-0.39, 0.29) is 6.09 Å². The quantitative estimate of drug-likeness (QED) is 0.547. The highest BCUT2D eigenvalue weighted by Crippen LogP contribution is 2.50. The molecule has 2 aliphatic rings. The van der Waals surface area contributed by atoms with Gasteiger partial charge >= 0.3 is 11.0 Å². The largest absolute Gasteiger partial charge is 0.482 e. The Morgan fingerprint density at radius 1 is 1.24 bits per heavy atom. The van der Waals surface area contributed by atoms with E-state index < -0.39 is 16.2 Å². The maximum Gasteiger partial charge on any atom is 0.410 e. The van der Waals surface area contributed by atoms with Crippen LogP contribution < -0.4 is 4.74 Å². The molecule has 0 atom stereocenters. The first kappa shape index (κ1) is 20.1. The number of aromatic nitrogens is 2. The Hall–Kier alpha value is -2.16. The number of amides is 1. The zero-order valence-corrected chi connectivity index (χ0v) is 18.0. The molecule has 0 aliphatic carbocycles. The minimum Gasteiger partial charge on any atom is -0.482 e. The number of piperidine rings is 1. The lowest BCUT2D eigenvalue weighted by atomic mass is 9.81. The van der Waals surface area contributed by atoms with Crippen LogP contribution in [0.5, 0.6) is 5.75 Å². The van der Waals surface area contributed by atoms with Gasteiger partial charge in [-0.15, -0.1) is 0 Å². The van der Waals surface area contributed by atoms with Crippen molar-refractivity contribution in [3.63, 3.8) is 0 Å². The maximum absolute atomic E-state index is 13.9. The molecule has 3 heterocycles. The number of alkyl halides is 3. The molecule has 1 spiro atoms. The first-order chi connectivity index (χ1) is 13.5. The highest BCUT2D eigenvalue weighted by molar-refractivity contribution is 9.09. The summed E-state index contributed by atoms with van der Waals surface area (Å²) < 4.78 is 40.2. The van der Waals surface area contributed by atoms with E-state index in [9.17, 15) is 13.6 Å². The highest BCUT2D eigenvalue weighted by Gasteiger charge is 2.47. The third kappa shape index (κ3) is 3.72. The third-order valence-electron chi connectivity index (χ3n) is 5.14. The molecule has 29 heavy (non-hydrogen) atoms. The average Bonchev–Trinajstić information content (AvgIpc) is 3.08. The summed E-state index contributed by atoms with van der Waals surface area (Å²) in [6.45, 7) is 6.24. The van der Waals surface area contributed by atoms with Crippen molar-refractivity contribution in [1.29, 1.82) is 0 Å². The van der Waals surface area contributed by atoms with Gasteiger partial charge in [-0.1, -0.05) is 12.1 Å². The summed E-state index contributed by atoms with van der Waals surface area (Å²) in [7, 11) is 0. The smallest absolute Gasteiger partial charge is 0.410 e. The predicted octanol–water partition coefficient (Wildman–Crippen LogP) is 5.07. The SMILES string of the molecule is CC(C)(C)OC(=O)N1CCC2(CC1)Oc1ccccc1-c1nn(C(F)(F)Br)cc12. The average molecular weight is 470 g/mol. The summed E-state index contributed by atoms with van der Waals surface area (Å²) in [5.74, 6) is 0.605. The Balaban J connectivity index is 1.66. The summed E-state index contributed by atoms with van der Waals surface area (Å²) >= 11 is 2.38. The minimum absolute atomic E-state index is 0.383. The molecule has 1 aromatic heterocycles. The van der Waals surface area contributed by atoms with Crippen LogP contribution in [0.1, 0.15) is 39.2 Å². The van der Waals surface area contributed by atoms with Gasteiger partial charge in [-0.2, -0.15) is 18.6 Å². The van der Waals surface area contributed by atoms with Crippen LogP contribution in [0.3, 0.4) is 0 Å². The molecular weight excluding hydrogens is 448 g/mol. The Morgan fingerprint density at radius 2 is 1.90 bits per heavy atom. The topological polar surface area (TPSA) is 56.6 Å². The van der Waals surface area contributed by atoms with Crippen LogP contribution in [0.25, 0.3) is 11.3 Å². The normalized spacial score (nSPS) is 18.1. The molecule has 2 aliphatic heterocycles. The fourth-order valence-electron chi connectivity index (χ4n) is 3.80. The van der Waals surface area contributed by atoms with Crippen LogP contribution in [-0.4, -0.2) is 39.5 Å². The van der Waals surface area contributed by atoms with Gasteiger partial charge in [0.1, 0.15) is 22.6 Å². The molecule has 1 aromatic carbocycles. The number of ether oxygens (including phenoxy) is 2. The van der Waals surface area contributed by atoms with E-state index in [0.717, 1.165) is 0 Å². The van der Waals surface area contributed by atoms with E-state index in [2.05, 4.69) is 21.0 Å². The van der Waals surface area contributed by atoms with E-state index in [1.807, 2.05) is 39.0 Å². The molecule has 4 rings (SSSR count). The van der Waals surface area contributed by atoms with Gasteiger partial charge in [-0.25, -0.2) is 4.79 Å². The van der Waals surface area contributed by atoms with Crippen LogP contribution in [0.4, 0.5) is 13.6 Å². The van der Waals surface area contributed by atoms with E-state index in [1.54, 1.807) is 11.0 Å². The number of carbonyl (C=O) groups excluding carboxylic acids is 1. The maximum atomic E-state index is 13.9. The molecule has 0 unspecified atom stereocenters. The van der Waals surface area contributed by atoms with E-state index in [4.69, 9.17) is 9.47 Å². The molecule has 0 saturated carbocycles. The lowest BCUT2D eigenvalue weighted by Crippen LogP contribution is -2.50. The highest BCUT2D eigenvalue weighted by atomic mass is 79.9. The molecular formula is C20H22BrF2N3O3. The Labute approximate surface area is 175 Å². The number of nitrogens with zero attached hydrogens (tertiary/aromatic N) is 3. The molecule has 0 bridgehead atoms. The summed E-state index contributed by atoms with van der Waals surface area (Å²) in [4.78, 5) is 10.7. The minimum atomic E-state index is -3.31. The second-order valence-corrected chi connectivity index (χ2v) is 9.32. The van der Waals surface area contributed by atoms with Crippen molar-refractivity contribution in [2.45, 2.75) is 49.8 Å². The van der Waals surface area contributed by atoms with Gasteiger partial charge in [0, 0.05) is 59.2 Å². The second kappa shape index (κ2) is 6.68. The van der Waals surface area contributed by atoms with E-state index in [0.29, 0.717) is 53.2 Å². The molecule has 0 N–H and O–H groups in total. The Kier molecular flexibility index (Phi) is 4.64. The zero-order chi connectivity index (χ0) is 21.0. The first-order valence-electron chi connectivity index (χ1n) is 9.42. The van der Waals surface area contributed by atoms with Gasteiger partial charge in [-0.3, -0.25) is 0 Å². The summed E-state index contributed by atoms with van der Waals surface area (Å²) in [6.07, 6.45) is 1.86. The van der Waals surface area contributed by atoms with Crippen molar-refractivity contribution in [3.05, 3.63) is 36.0 Å². The van der Waals surface area contributed by atoms with Crippen LogP contribution >= 0.6 is 15.9 Å². The van der Waals surface area contributed by atoms with Gasteiger partial charge in [0.05, 0.1) is 0 Å². The lowest BCUT2D eigenvalue weighted by molar-refractivity contribution is -0.0220. The predicted molar refractivity (Wildman–Crippen MR) is 106 cm³/mol. The van der Waals surface area contributed by atoms with Crippen molar-refractivity contribution in [2.75, 3.05) is 13.1 Å². The standard InChI is InChI=1S/C20H22BrF2N3O3/c1-18(2,3)29-17(27)25-10-8-19(9-11-25)14-12-26(20(21,22)23)24-16(14)13-6-4-5-7-15(13)28-19/h4-7,12H,8-11H2,1-3H3. The summed E-state index contributed by atoms with van der Waals surface area (Å²) in [5.41, 5.74) is 0.370. The molecule has 9 heteroatoms. The van der Waals surface area contributed by atoms with Crippen LogP contribution in [0, 0.1) is 0 Å². The number of hydrogen-bond donors (Lipinski definition) is 0. The Bertz CT molecular complexity index is 941. The van der Waals surface area contributed by atoms with Gasteiger partial charge in [0.2, 0.25) is 0 Å². The van der Waals surface area contributed by atoms with Crippen molar-refractivity contribution in [2.24, 2.45) is 0 Å². The van der Waals surface area contributed by atoms with Crippen molar-refractivity contribution < 1.29 is 23.0 Å². The van der Waals surface area contributed by atoms with Crippen LogP contribution in [0.2, 0.25) is 0 Å². The number of likely N-dealkylation sites (tertiary alicyclic amines) is 1. The zero-order valence-electron chi connectivity index (χ0n) is 16.4. The monoisotopic (exact) mass is 469 g/mol. The number of para-hydroxylation sites is 1. The van der Waals surface area contributed by atoms with Gasteiger partial charge in [-0.05, 0) is 32.9 Å². The fraction of sp³-hybridized carbons (Fsp3) is 0.500. The molecule has 0 radical (unpaired) electrons. The Morgan fingerprint density at radius 3 is 2.52 bits per heavy atom. The third-order valence-corrected chi connectivity index (χ3v) is 5.50. The van der Waals surface area contributed by atoms with Gasteiger partial charge in [0.25, 0.3) is 0 Å². The number of fused-ring (bicyclic) bond motifs is 4. The van der Waals surface area contributed by atoms with Crippen LogP contribution in [0.15, 0.2) is 30.5 Å². The van der Waals surface area contributed by atoms with Crippen molar-refractivity contribution >= 4 is 22.0 Å². The summed E-state index contributed by atoms with van der Waals surface area (Å²) in [6, 6.07) is 7.27. The van der Waals surface area contributed by atoms with Gasteiger partial charge in [0.15, 0.2) is 0 Å². The number of hydrogen-bond acceptors (Lipinski definition) is 4. The van der Waals surface area contributed by atoms with Crippen molar-refractivity contribution in [1.82, 2.24) is 14.7 Å².